The van der Waals surface area contributed by atoms with Crippen LogP contribution in [0.2, 0.25) is 0 Å². The number of anilines is 1. The highest BCUT2D eigenvalue weighted by molar-refractivity contribution is 7.80. The first-order valence-electron chi connectivity index (χ1n) is 5.47. The molecule has 0 spiro atoms. The SMILES string of the molecule is NC(=S)c1ccccc1NC(=O)c1cccc(=O)[nH]1. The largest absolute Gasteiger partial charge is 0.389 e. The number of hydrogen-bond donors (Lipinski definition) is 3. The Hall–Kier alpha value is -2.47. The molecule has 2 rings (SSSR count). The third-order valence-electron chi connectivity index (χ3n) is 2.45. The van der Waals surface area contributed by atoms with Crippen molar-refractivity contribution in [1.82, 2.24) is 4.98 Å². The third-order valence-corrected chi connectivity index (χ3v) is 2.67. The lowest BCUT2D eigenvalue weighted by Crippen LogP contribution is -2.20. The number of amides is 1. The van der Waals surface area contributed by atoms with E-state index in [9.17, 15) is 9.59 Å². The molecule has 0 fully saturated rings. The van der Waals surface area contributed by atoms with Crippen LogP contribution in [0.4, 0.5) is 5.69 Å². The van der Waals surface area contributed by atoms with Crippen LogP contribution < -0.4 is 16.6 Å². The lowest BCUT2D eigenvalue weighted by atomic mass is 10.1. The van der Waals surface area contributed by atoms with Gasteiger partial charge in [-0.2, -0.15) is 0 Å². The number of thiocarbonyl (C=S) groups is 1. The summed E-state index contributed by atoms with van der Waals surface area (Å²) in [5.74, 6) is -0.429. The van der Waals surface area contributed by atoms with Gasteiger partial charge in [-0.3, -0.25) is 9.59 Å². The minimum atomic E-state index is -0.429. The summed E-state index contributed by atoms with van der Waals surface area (Å²) < 4.78 is 0. The summed E-state index contributed by atoms with van der Waals surface area (Å²) in [6.45, 7) is 0. The summed E-state index contributed by atoms with van der Waals surface area (Å²) in [6, 6.07) is 11.3. The van der Waals surface area contributed by atoms with E-state index < -0.39 is 5.91 Å². The number of hydrogen-bond acceptors (Lipinski definition) is 3. The summed E-state index contributed by atoms with van der Waals surface area (Å²) in [7, 11) is 0. The van der Waals surface area contributed by atoms with Crippen LogP contribution in [0.25, 0.3) is 0 Å². The topological polar surface area (TPSA) is 88.0 Å². The number of nitrogens with two attached hydrogens (primary N) is 1. The summed E-state index contributed by atoms with van der Waals surface area (Å²) in [6.07, 6.45) is 0. The molecule has 2 aromatic rings. The fraction of sp³-hybridized carbons (Fsp3) is 0. The van der Waals surface area contributed by atoms with Gasteiger partial charge in [0, 0.05) is 11.6 Å². The van der Waals surface area contributed by atoms with Gasteiger partial charge < -0.3 is 16.0 Å². The van der Waals surface area contributed by atoms with Crippen LogP contribution in [-0.2, 0) is 0 Å². The predicted octanol–water partition coefficient (Wildman–Crippen LogP) is 1.26. The summed E-state index contributed by atoms with van der Waals surface area (Å²) in [4.78, 5) is 25.8. The standard InChI is InChI=1S/C13H11N3O2S/c14-12(19)8-4-1-2-5-9(8)16-13(18)10-6-3-7-11(17)15-10/h1-7H,(H2,14,19)(H,15,17)(H,16,18). The lowest BCUT2D eigenvalue weighted by molar-refractivity contribution is 0.102. The molecule has 0 saturated heterocycles. The van der Waals surface area contributed by atoms with Crippen molar-refractivity contribution in [2.24, 2.45) is 5.73 Å². The van der Waals surface area contributed by atoms with Gasteiger partial charge in [-0.25, -0.2) is 0 Å². The number of carbonyl (C=O) groups is 1. The number of benzene rings is 1. The summed E-state index contributed by atoms with van der Waals surface area (Å²) >= 11 is 4.91. The van der Waals surface area contributed by atoms with Crippen LogP contribution in [0.3, 0.4) is 0 Å². The second-order valence-corrected chi connectivity index (χ2v) is 4.23. The highest BCUT2D eigenvalue weighted by Gasteiger charge is 2.10. The Balaban J connectivity index is 2.29. The van der Waals surface area contributed by atoms with Crippen molar-refractivity contribution in [1.29, 1.82) is 0 Å². The maximum absolute atomic E-state index is 12.0. The average molecular weight is 273 g/mol. The maximum Gasteiger partial charge on any atom is 0.272 e. The number of pyridine rings is 1. The van der Waals surface area contributed by atoms with Gasteiger partial charge in [-0.1, -0.05) is 30.4 Å². The van der Waals surface area contributed by atoms with Crippen LogP contribution in [0.15, 0.2) is 47.3 Å². The molecule has 4 N–H and O–H groups in total. The average Bonchev–Trinajstić information content (AvgIpc) is 2.39. The monoisotopic (exact) mass is 273 g/mol. The number of aromatic nitrogens is 1. The lowest BCUT2D eigenvalue weighted by Gasteiger charge is -2.09. The van der Waals surface area contributed by atoms with Crippen molar-refractivity contribution in [2.45, 2.75) is 0 Å². The van der Waals surface area contributed by atoms with E-state index in [1.165, 1.54) is 18.2 Å². The molecule has 0 aliphatic carbocycles. The number of aromatic amines is 1. The second kappa shape index (κ2) is 5.45. The zero-order chi connectivity index (χ0) is 13.8. The quantitative estimate of drug-likeness (QED) is 0.735. The van der Waals surface area contributed by atoms with Crippen LogP contribution in [0.1, 0.15) is 16.1 Å². The minimum absolute atomic E-state index is 0.172. The maximum atomic E-state index is 12.0. The van der Waals surface area contributed by atoms with E-state index in [1.807, 2.05) is 0 Å². The molecule has 0 unspecified atom stereocenters. The fourth-order valence-electron chi connectivity index (χ4n) is 1.58. The number of nitrogens with one attached hydrogen (secondary N) is 2. The molecule has 5 nitrogen and oxygen atoms in total. The van der Waals surface area contributed by atoms with Crippen LogP contribution in [0, 0.1) is 0 Å². The van der Waals surface area contributed by atoms with Crippen LogP contribution in [0.5, 0.6) is 0 Å². The Bertz CT molecular complexity index is 694. The van der Waals surface area contributed by atoms with Gasteiger partial charge in [0.1, 0.15) is 10.7 Å². The highest BCUT2D eigenvalue weighted by Crippen LogP contribution is 2.15. The van der Waals surface area contributed by atoms with Gasteiger partial charge in [-0.05, 0) is 18.2 Å². The number of rotatable bonds is 3. The first-order valence-corrected chi connectivity index (χ1v) is 5.88. The van der Waals surface area contributed by atoms with Gasteiger partial charge in [0.15, 0.2) is 0 Å². The van der Waals surface area contributed by atoms with E-state index in [2.05, 4.69) is 10.3 Å². The van der Waals surface area contributed by atoms with Gasteiger partial charge in [0.05, 0.1) is 5.69 Å². The molecule has 0 aliphatic rings. The number of carbonyl (C=O) groups excluding carboxylic acids is 1. The molecule has 0 radical (unpaired) electrons. The Morgan fingerprint density at radius 2 is 1.89 bits per heavy atom. The molecule has 1 heterocycles. The summed E-state index contributed by atoms with van der Waals surface area (Å²) in [5.41, 5.74) is 6.49. The molecule has 96 valence electrons. The van der Waals surface area contributed by atoms with Crippen molar-refractivity contribution in [3.8, 4) is 0 Å². The van der Waals surface area contributed by atoms with Crippen molar-refractivity contribution < 1.29 is 4.79 Å². The molecule has 0 bridgehead atoms. The molecule has 1 aromatic heterocycles. The Morgan fingerprint density at radius 3 is 2.58 bits per heavy atom. The molecule has 0 atom stereocenters. The van der Waals surface area contributed by atoms with Crippen molar-refractivity contribution in [3.63, 3.8) is 0 Å². The van der Waals surface area contributed by atoms with Crippen LogP contribution in [-0.4, -0.2) is 15.9 Å². The number of para-hydroxylation sites is 1. The molecular weight excluding hydrogens is 262 g/mol. The van der Waals surface area contributed by atoms with E-state index in [0.717, 1.165) is 0 Å². The van der Waals surface area contributed by atoms with E-state index >= 15 is 0 Å². The normalized spacial score (nSPS) is 9.89. The molecule has 6 heteroatoms. The fourth-order valence-corrected chi connectivity index (χ4v) is 1.75. The van der Waals surface area contributed by atoms with Gasteiger partial charge in [0.25, 0.3) is 5.91 Å². The first kappa shape index (κ1) is 13.0. The van der Waals surface area contributed by atoms with Gasteiger partial charge in [0.2, 0.25) is 5.56 Å². The predicted molar refractivity (Wildman–Crippen MR) is 77.3 cm³/mol. The zero-order valence-electron chi connectivity index (χ0n) is 9.84. The summed E-state index contributed by atoms with van der Waals surface area (Å²) in [5, 5.41) is 2.66. The van der Waals surface area contributed by atoms with Crippen molar-refractivity contribution in [2.75, 3.05) is 5.32 Å². The van der Waals surface area contributed by atoms with E-state index in [1.54, 1.807) is 24.3 Å². The molecule has 0 saturated carbocycles. The Morgan fingerprint density at radius 1 is 1.16 bits per heavy atom. The van der Waals surface area contributed by atoms with E-state index in [-0.39, 0.29) is 16.2 Å². The molecular formula is C13H11N3O2S. The zero-order valence-corrected chi connectivity index (χ0v) is 10.7. The number of H-pyrrole nitrogens is 1. The Kier molecular flexibility index (Phi) is 3.72. The smallest absolute Gasteiger partial charge is 0.272 e. The second-order valence-electron chi connectivity index (χ2n) is 3.79. The van der Waals surface area contributed by atoms with Gasteiger partial charge in [-0.15, -0.1) is 0 Å². The first-order chi connectivity index (χ1) is 9.08. The highest BCUT2D eigenvalue weighted by atomic mass is 32.1. The minimum Gasteiger partial charge on any atom is -0.389 e. The van der Waals surface area contributed by atoms with Gasteiger partial charge >= 0.3 is 0 Å². The molecule has 0 aliphatic heterocycles. The molecule has 1 aromatic carbocycles. The molecule has 19 heavy (non-hydrogen) atoms. The van der Waals surface area contributed by atoms with E-state index in [0.29, 0.717) is 11.3 Å². The molecule has 1 amide bonds. The van der Waals surface area contributed by atoms with Crippen molar-refractivity contribution >= 4 is 28.8 Å². The van der Waals surface area contributed by atoms with E-state index in [4.69, 9.17) is 18.0 Å². The Labute approximate surface area is 114 Å². The third kappa shape index (κ3) is 3.05. The van der Waals surface area contributed by atoms with Crippen LogP contribution >= 0.6 is 12.2 Å². The van der Waals surface area contributed by atoms with Crippen molar-refractivity contribution in [3.05, 3.63) is 64.1 Å².